The minimum Gasteiger partial charge on any atom is -0.320 e. The number of benzene rings is 2. The molecule has 0 radical (unpaired) electrons. The number of pyridine rings is 1. The Bertz CT molecular complexity index is 835. The highest BCUT2D eigenvalue weighted by molar-refractivity contribution is 6.34. The second-order valence-electron chi connectivity index (χ2n) is 4.43. The van der Waals surface area contributed by atoms with Crippen molar-refractivity contribution in [2.24, 2.45) is 0 Å². The summed E-state index contributed by atoms with van der Waals surface area (Å²) in [5.74, 6) is -0.743. The van der Waals surface area contributed by atoms with E-state index in [2.05, 4.69) is 10.3 Å². The van der Waals surface area contributed by atoms with Gasteiger partial charge in [-0.1, -0.05) is 23.7 Å². The molecule has 0 bridgehead atoms. The van der Waals surface area contributed by atoms with Gasteiger partial charge >= 0.3 is 0 Å². The first-order valence-corrected chi connectivity index (χ1v) is 6.64. The third-order valence-corrected chi connectivity index (χ3v) is 3.41. The lowest BCUT2D eigenvalue weighted by Gasteiger charge is -2.09. The fourth-order valence-corrected chi connectivity index (χ4v) is 2.30. The van der Waals surface area contributed by atoms with Gasteiger partial charge in [-0.2, -0.15) is 0 Å². The van der Waals surface area contributed by atoms with E-state index in [9.17, 15) is 9.18 Å². The summed E-state index contributed by atoms with van der Waals surface area (Å²) >= 11 is 5.99. The smallest absolute Gasteiger partial charge is 0.257 e. The van der Waals surface area contributed by atoms with E-state index in [0.717, 1.165) is 0 Å². The summed E-state index contributed by atoms with van der Waals surface area (Å²) < 4.78 is 13.7. The number of amides is 1. The fraction of sp³-hybridized carbons (Fsp3) is 0. The molecule has 0 saturated heterocycles. The summed E-state index contributed by atoms with van der Waals surface area (Å²) in [4.78, 5) is 16.4. The Morgan fingerprint density at radius 2 is 1.90 bits per heavy atom. The van der Waals surface area contributed by atoms with Crippen LogP contribution in [-0.4, -0.2) is 10.9 Å². The van der Waals surface area contributed by atoms with Crippen LogP contribution >= 0.6 is 11.6 Å². The molecule has 0 spiro atoms. The van der Waals surface area contributed by atoms with Gasteiger partial charge in [0.25, 0.3) is 5.91 Å². The molecule has 3 nitrogen and oxygen atoms in total. The Balaban J connectivity index is 2.01. The molecule has 0 atom stereocenters. The van der Waals surface area contributed by atoms with Crippen LogP contribution in [0.25, 0.3) is 10.9 Å². The number of halogens is 2. The lowest BCUT2D eigenvalue weighted by Crippen LogP contribution is -2.13. The van der Waals surface area contributed by atoms with Crippen LogP contribution in [0.2, 0.25) is 5.02 Å². The maximum atomic E-state index is 13.7. The summed E-state index contributed by atoms with van der Waals surface area (Å²) in [6, 6.07) is 12.8. The van der Waals surface area contributed by atoms with E-state index in [1.54, 1.807) is 42.6 Å². The highest BCUT2D eigenvalue weighted by atomic mass is 35.5. The monoisotopic (exact) mass is 300 g/mol. The van der Waals surface area contributed by atoms with E-state index in [-0.39, 0.29) is 11.7 Å². The van der Waals surface area contributed by atoms with Crippen LogP contribution < -0.4 is 5.32 Å². The zero-order valence-corrected chi connectivity index (χ0v) is 11.6. The van der Waals surface area contributed by atoms with Gasteiger partial charge in [0.2, 0.25) is 0 Å². The summed E-state index contributed by atoms with van der Waals surface area (Å²) in [6.45, 7) is 0. The van der Waals surface area contributed by atoms with Crippen LogP contribution in [0, 0.1) is 5.82 Å². The molecular weight excluding hydrogens is 291 g/mol. The van der Waals surface area contributed by atoms with Gasteiger partial charge in [0.15, 0.2) is 0 Å². The Morgan fingerprint density at radius 3 is 2.71 bits per heavy atom. The van der Waals surface area contributed by atoms with Crippen molar-refractivity contribution in [3.8, 4) is 0 Å². The molecule has 0 aliphatic rings. The van der Waals surface area contributed by atoms with E-state index < -0.39 is 0 Å². The molecule has 104 valence electrons. The number of hydrogen-bond acceptors (Lipinski definition) is 2. The third kappa shape index (κ3) is 2.58. The van der Waals surface area contributed by atoms with Gasteiger partial charge < -0.3 is 5.32 Å². The topological polar surface area (TPSA) is 42.0 Å². The van der Waals surface area contributed by atoms with E-state index in [1.807, 2.05) is 0 Å². The van der Waals surface area contributed by atoms with Crippen LogP contribution in [0.4, 0.5) is 10.1 Å². The molecular formula is C16H10ClFN2O. The van der Waals surface area contributed by atoms with E-state index in [1.165, 1.54) is 12.1 Å². The summed E-state index contributed by atoms with van der Waals surface area (Å²) in [6.07, 6.45) is 1.55. The van der Waals surface area contributed by atoms with Gasteiger partial charge in [-0.25, -0.2) is 4.39 Å². The van der Waals surface area contributed by atoms with Gasteiger partial charge in [-0.3, -0.25) is 9.78 Å². The molecule has 2 aromatic carbocycles. The lowest BCUT2D eigenvalue weighted by molar-refractivity contribution is 0.102. The average Bonchev–Trinajstić information content (AvgIpc) is 2.51. The second-order valence-corrected chi connectivity index (χ2v) is 4.84. The number of fused-ring (bicyclic) bond motifs is 1. The third-order valence-electron chi connectivity index (χ3n) is 3.08. The first kappa shape index (κ1) is 13.5. The van der Waals surface area contributed by atoms with Crippen molar-refractivity contribution in [1.29, 1.82) is 0 Å². The Kier molecular flexibility index (Phi) is 3.54. The van der Waals surface area contributed by atoms with E-state index in [4.69, 9.17) is 11.6 Å². The van der Waals surface area contributed by atoms with Crippen molar-refractivity contribution in [3.05, 3.63) is 71.1 Å². The zero-order valence-electron chi connectivity index (χ0n) is 10.8. The van der Waals surface area contributed by atoms with Crippen molar-refractivity contribution in [3.63, 3.8) is 0 Å². The summed E-state index contributed by atoms with van der Waals surface area (Å²) in [7, 11) is 0. The molecule has 3 aromatic rings. The van der Waals surface area contributed by atoms with Crippen molar-refractivity contribution in [2.75, 3.05) is 5.32 Å². The maximum absolute atomic E-state index is 13.7. The van der Waals surface area contributed by atoms with Crippen LogP contribution in [0.15, 0.2) is 54.7 Å². The molecule has 1 aromatic heterocycles. The molecule has 0 aliphatic carbocycles. The van der Waals surface area contributed by atoms with Crippen LogP contribution in [-0.2, 0) is 0 Å². The lowest BCUT2D eigenvalue weighted by atomic mass is 10.1. The molecule has 5 heteroatoms. The predicted molar refractivity (Wildman–Crippen MR) is 81.1 cm³/mol. The predicted octanol–water partition coefficient (Wildman–Crippen LogP) is 4.28. The standard InChI is InChI=1S/C16H10ClFN2O/c17-12-6-2-1-4-10(12)16(21)20-14-8-7-13(18)11-5-3-9-19-15(11)14/h1-9H,(H,20,21). The van der Waals surface area contributed by atoms with Gasteiger partial charge in [0, 0.05) is 11.6 Å². The summed E-state index contributed by atoms with van der Waals surface area (Å²) in [5.41, 5.74) is 1.20. The quantitative estimate of drug-likeness (QED) is 0.767. The van der Waals surface area contributed by atoms with Gasteiger partial charge in [-0.15, -0.1) is 0 Å². The van der Waals surface area contributed by atoms with Crippen molar-refractivity contribution in [2.45, 2.75) is 0 Å². The Hall–Kier alpha value is -2.46. The SMILES string of the molecule is O=C(Nc1ccc(F)c2cccnc12)c1ccccc1Cl. The number of hydrogen-bond donors (Lipinski definition) is 1. The largest absolute Gasteiger partial charge is 0.320 e. The Morgan fingerprint density at radius 1 is 1.10 bits per heavy atom. The second kappa shape index (κ2) is 5.50. The molecule has 21 heavy (non-hydrogen) atoms. The summed E-state index contributed by atoms with van der Waals surface area (Å²) in [5, 5.41) is 3.43. The first-order chi connectivity index (χ1) is 10.2. The number of carbonyl (C=O) groups is 1. The number of nitrogens with zero attached hydrogens (tertiary/aromatic N) is 1. The highest BCUT2D eigenvalue weighted by Crippen LogP contribution is 2.25. The maximum Gasteiger partial charge on any atom is 0.257 e. The van der Waals surface area contributed by atoms with Gasteiger partial charge in [-0.05, 0) is 36.4 Å². The Labute approximate surface area is 125 Å². The number of carbonyl (C=O) groups excluding carboxylic acids is 1. The number of nitrogens with one attached hydrogen (secondary N) is 1. The highest BCUT2D eigenvalue weighted by Gasteiger charge is 2.13. The van der Waals surface area contributed by atoms with Crippen molar-refractivity contribution in [1.82, 2.24) is 4.98 Å². The molecule has 0 aliphatic heterocycles. The minimum atomic E-state index is -0.381. The van der Waals surface area contributed by atoms with Gasteiger partial charge in [0.05, 0.1) is 21.8 Å². The number of aromatic nitrogens is 1. The van der Waals surface area contributed by atoms with Gasteiger partial charge in [0.1, 0.15) is 5.82 Å². The van der Waals surface area contributed by atoms with Crippen molar-refractivity contribution >= 4 is 34.1 Å². The normalized spacial score (nSPS) is 10.6. The average molecular weight is 301 g/mol. The molecule has 0 fully saturated rings. The zero-order chi connectivity index (χ0) is 14.8. The molecule has 1 amide bonds. The molecule has 3 rings (SSSR count). The number of rotatable bonds is 2. The molecule has 1 heterocycles. The number of anilines is 1. The molecule has 0 saturated carbocycles. The van der Waals surface area contributed by atoms with Crippen LogP contribution in [0.3, 0.4) is 0 Å². The molecule has 0 unspecified atom stereocenters. The van der Waals surface area contributed by atoms with Crippen LogP contribution in [0.1, 0.15) is 10.4 Å². The van der Waals surface area contributed by atoms with E-state index >= 15 is 0 Å². The molecule has 1 N–H and O–H groups in total. The van der Waals surface area contributed by atoms with Crippen molar-refractivity contribution < 1.29 is 9.18 Å². The first-order valence-electron chi connectivity index (χ1n) is 6.26. The van der Waals surface area contributed by atoms with E-state index in [0.29, 0.717) is 27.2 Å². The minimum absolute atomic E-state index is 0.354. The van der Waals surface area contributed by atoms with Crippen LogP contribution in [0.5, 0.6) is 0 Å². The fourth-order valence-electron chi connectivity index (χ4n) is 2.07.